The molecule has 1 aromatic carbocycles. The zero-order valence-corrected chi connectivity index (χ0v) is 13.3. The maximum Gasteiger partial charge on any atom is 0.379 e. The van der Waals surface area contributed by atoms with Crippen LogP contribution >= 0.6 is 11.6 Å². The highest BCUT2D eigenvalue weighted by atomic mass is 35.5. The summed E-state index contributed by atoms with van der Waals surface area (Å²) in [6.07, 6.45) is 6.65. The van der Waals surface area contributed by atoms with Gasteiger partial charge in [-0.3, -0.25) is 4.79 Å². The first-order chi connectivity index (χ1) is 10.2. The Balaban J connectivity index is 2.33. The number of ketones is 1. The van der Waals surface area contributed by atoms with E-state index in [2.05, 4.69) is 6.92 Å². The van der Waals surface area contributed by atoms with Crippen molar-refractivity contribution < 1.29 is 14.3 Å². The second kappa shape index (κ2) is 10.4. The Kier molecular flexibility index (Phi) is 8.76. The van der Waals surface area contributed by atoms with E-state index in [1.807, 2.05) is 0 Å². The normalized spacial score (nSPS) is 10.4. The molecule has 0 amide bonds. The molecule has 0 heterocycles. The van der Waals surface area contributed by atoms with E-state index in [-0.39, 0.29) is 5.88 Å². The van der Waals surface area contributed by atoms with Crippen LogP contribution in [-0.2, 0) is 15.4 Å². The Morgan fingerprint density at radius 1 is 1.05 bits per heavy atom. The molecule has 0 N–H and O–H groups in total. The summed E-state index contributed by atoms with van der Waals surface area (Å²) in [5, 5.41) is 0. The van der Waals surface area contributed by atoms with Crippen molar-refractivity contribution in [3.8, 4) is 0 Å². The molecule has 0 aliphatic carbocycles. The fourth-order valence-corrected chi connectivity index (χ4v) is 2.31. The lowest BCUT2D eigenvalue weighted by Gasteiger charge is -2.06. The molecule has 0 saturated heterocycles. The van der Waals surface area contributed by atoms with E-state index in [0.29, 0.717) is 17.7 Å². The van der Waals surface area contributed by atoms with Gasteiger partial charge in [0.05, 0.1) is 6.61 Å². The molecule has 0 unspecified atom stereocenters. The van der Waals surface area contributed by atoms with Gasteiger partial charge in [0.25, 0.3) is 5.78 Å². The molecule has 0 spiro atoms. The zero-order chi connectivity index (χ0) is 15.5. The molecule has 0 aliphatic heterocycles. The second-order valence-corrected chi connectivity index (χ2v) is 5.29. The van der Waals surface area contributed by atoms with Crippen LogP contribution in [0, 0.1) is 0 Å². The fourth-order valence-electron chi connectivity index (χ4n) is 2.08. The molecule has 3 nitrogen and oxygen atoms in total. The lowest BCUT2D eigenvalue weighted by molar-refractivity contribution is -0.138. The lowest BCUT2D eigenvalue weighted by Crippen LogP contribution is -2.19. The predicted molar refractivity (Wildman–Crippen MR) is 84.7 cm³/mol. The standard InChI is InChI=1S/C17H23ClO3/c1-2-3-4-5-6-9-12-21-17(20)16(19)15-11-8-7-10-14(15)13-18/h7-8,10-11H,2-6,9,12-13H2,1H3. The minimum atomic E-state index is -0.791. The summed E-state index contributed by atoms with van der Waals surface area (Å²) in [4.78, 5) is 23.7. The third kappa shape index (κ3) is 6.30. The molecule has 0 atom stereocenters. The molecular formula is C17H23ClO3. The molecule has 0 saturated carbocycles. The summed E-state index contributed by atoms with van der Waals surface area (Å²) in [5.74, 6) is -1.20. The fraction of sp³-hybridized carbons (Fsp3) is 0.529. The molecule has 0 aliphatic rings. The molecule has 0 bridgehead atoms. The summed E-state index contributed by atoms with van der Waals surface area (Å²) in [6.45, 7) is 2.48. The lowest BCUT2D eigenvalue weighted by atomic mass is 10.1. The number of benzene rings is 1. The van der Waals surface area contributed by atoms with Crippen LogP contribution in [0.5, 0.6) is 0 Å². The molecule has 1 aromatic rings. The summed E-state index contributed by atoms with van der Waals surface area (Å²) in [5.41, 5.74) is 0.987. The van der Waals surface area contributed by atoms with Gasteiger partial charge in [0.2, 0.25) is 0 Å². The highest BCUT2D eigenvalue weighted by molar-refractivity contribution is 6.41. The number of Topliss-reactive ketones (excluding diaryl/α,β-unsaturated/α-hetero) is 1. The number of rotatable bonds is 10. The first-order valence-corrected chi connectivity index (χ1v) is 8.09. The largest absolute Gasteiger partial charge is 0.460 e. The Hall–Kier alpha value is -1.35. The van der Waals surface area contributed by atoms with Crippen molar-refractivity contribution in [2.45, 2.75) is 51.3 Å². The van der Waals surface area contributed by atoms with E-state index in [1.54, 1.807) is 24.3 Å². The number of carbonyl (C=O) groups excluding carboxylic acids is 2. The first-order valence-electron chi connectivity index (χ1n) is 7.56. The van der Waals surface area contributed by atoms with E-state index in [9.17, 15) is 9.59 Å². The second-order valence-electron chi connectivity index (χ2n) is 5.02. The Morgan fingerprint density at radius 3 is 2.43 bits per heavy atom. The van der Waals surface area contributed by atoms with E-state index in [0.717, 1.165) is 19.3 Å². The van der Waals surface area contributed by atoms with Gasteiger partial charge in [0.1, 0.15) is 0 Å². The molecule has 4 heteroatoms. The number of alkyl halides is 1. The van der Waals surface area contributed by atoms with Crippen LogP contribution < -0.4 is 0 Å². The van der Waals surface area contributed by atoms with E-state index >= 15 is 0 Å². The average Bonchev–Trinajstić information content (AvgIpc) is 2.53. The monoisotopic (exact) mass is 310 g/mol. The van der Waals surface area contributed by atoms with Crippen LogP contribution in [0.3, 0.4) is 0 Å². The Labute approximate surface area is 131 Å². The Bertz CT molecular complexity index is 457. The van der Waals surface area contributed by atoms with Crippen LogP contribution in [0.2, 0.25) is 0 Å². The molecule has 0 aromatic heterocycles. The number of unbranched alkanes of at least 4 members (excludes halogenated alkanes) is 5. The maximum absolute atomic E-state index is 12.0. The number of ether oxygens (including phenoxy) is 1. The van der Waals surface area contributed by atoms with Crippen LogP contribution in [0.15, 0.2) is 24.3 Å². The number of halogens is 1. The Morgan fingerprint density at radius 2 is 1.71 bits per heavy atom. The van der Waals surface area contributed by atoms with Gasteiger partial charge in [0, 0.05) is 11.4 Å². The van der Waals surface area contributed by atoms with Gasteiger partial charge in [-0.25, -0.2) is 4.79 Å². The SMILES string of the molecule is CCCCCCCCOC(=O)C(=O)c1ccccc1CCl. The predicted octanol–water partition coefficient (Wildman–Crippen LogP) is 4.51. The van der Waals surface area contributed by atoms with Crippen molar-refractivity contribution >= 4 is 23.4 Å². The summed E-state index contributed by atoms with van der Waals surface area (Å²) >= 11 is 5.76. The number of carbonyl (C=O) groups is 2. The summed E-state index contributed by atoms with van der Waals surface area (Å²) in [6, 6.07) is 6.84. The van der Waals surface area contributed by atoms with E-state index in [1.165, 1.54) is 19.3 Å². The van der Waals surface area contributed by atoms with Crippen molar-refractivity contribution in [1.82, 2.24) is 0 Å². The van der Waals surface area contributed by atoms with Gasteiger partial charge >= 0.3 is 5.97 Å². The zero-order valence-electron chi connectivity index (χ0n) is 12.6. The quantitative estimate of drug-likeness (QED) is 0.210. The van der Waals surface area contributed by atoms with Crippen molar-refractivity contribution in [2.75, 3.05) is 6.61 Å². The molecule has 0 fully saturated rings. The molecule has 21 heavy (non-hydrogen) atoms. The van der Waals surface area contributed by atoms with Gasteiger partial charge in [-0.1, -0.05) is 63.3 Å². The number of esters is 1. The van der Waals surface area contributed by atoms with Crippen molar-refractivity contribution in [3.05, 3.63) is 35.4 Å². The van der Waals surface area contributed by atoms with Gasteiger partial charge in [-0.15, -0.1) is 11.6 Å². The van der Waals surface area contributed by atoms with Gasteiger partial charge in [-0.05, 0) is 12.0 Å². The minimum absolute atomic E-state index is 0.201. The highest BCUT2D eigenvalue weighted by Crippen LogP contribution is 2.13. The molecule has 1 rings (SSSR count). The third-order valence-electron chi connectivity index (χ3n) is 3.32. The first kappa shape index (κ1) is 17.7. The average molecular weight is 311 g/mol. The van der Waals surface area contributed by atoms with E-state index in [4.69, 9.17) is 16.3 Å². The minimum Gasteiger partial charge on any atom is -0.460 e. The summed E-state index contributed by atoms with van der Waals surface area (Å²) < 4.78 is 5.03. The van der Waals surface area contributed by atoms with Crippen LogP contribution in [-0.4, -0.2) is 18.4 Å². The van der Waals surface area contributed by atoms with Crippen molar-refractivity contribution in [3.63, 3.8) is 0 Å². The van der Waals surface area contributed by atoms with Crippen LogP contribution in [0.1, 0.15) is 61.4 Å². The number of hydrogen-bond donors (Lipinski definition) is 0. The maximum atomic E-state index is 12.0. The van der Waals surface area contributed by atoms with Crippen LogP contribution in [0.4, 0.5) is 0 Å². The van der Waals surface area contributed by atoms with Gasteiger partial charge < -0.3 is 4.74 Å². The van der Waals surface area contributed by atoms with Gasteiger partial charge in [0.15, 0.2) is 0 Å². The molecule has 116 valence electrons. The van der Waals surface area contributed by atoms with Crippen molar-refractivity contribution in [1.29, 1.82) is 0 Å². The number of hydrogen-bond acceptors (Lipinski definition) is 3. The summed E-state index contributed by atoms with van der Waals surface area (Å²) in [7, 11) is 0. The van der Waals surface area contributed by atoms with Gasteiger partial charge in [-0.2, -0.15) is 0 Å². The highest BCUT2D eigenvalue weighted by Gasteiger charge is 2.20. The van der Waals surface area contributed by atoms with E-state index < -0.39 is 11.8 Å². The topological polar surface area (TPSA) is 43.4 Å². The smallest absolute Gasteiger partial charge is 0.379 e. The van der Waals surface area contributed by atoms with Crippen molar-refractivity contribution in [2.24, 2.45) is 0 Å². The molecular weight excluding hydrogens is 288 g/mol. The van der Waals surface area contributed by atoms with Crippen LogP contribution in [0.25, 0.3) is 0 Å². The molecule has 0 radical (unpaired) electrons. The third-order valence-corrected chi connectivity index (χ3v) is 3.61.